The zero-order valence-electron chi connectivity index (χ0n) is 11.9. The molecule has 2 aromatic rings. The Labute approximate surface area is 129 Å². The van der Waals surface area contributed by atoms with Gasteiger partial charge in [-0.15, -0.1) is 11.8 Å². The first-order chi connectivity index (χ1) is 10.2. The molecule has 2 aromatic carbocycles. The van der Waals surface area contributed by atoms with Gasteiger partial charge in [-0.05, 0) is 42.3 Å². The van der Waals surface area contributed by atoms with Gasteiger partial charge in [0.05, 0.1) is 13.0 Å². The van der Waals surface area contributed by atoms with E-state index in [0.29, 0.717) is 6.61 Å². The van der Waals surface area contributed by atoms with Gasteiger partial charge in [0.15, 0.2) is 0 Å². The molecule has 0 heterocycles. The van der Waals surface area contributed by atoms with Gasteiger partial charge >= 0.3 is 5.97 Å². The summed E-state index contributed by atoms with van der Waals surface area (Å²) < 4.78 is 5.41. The van der Waals surface area contributed by atoms with Crippen molar-refractivity contribution < 1.29 is 14.6 Å². The zero-order chi connectivity index (χ0) is 15.1. The molecule has 0 fully saturated rings. The molecule has 1 N–H and O–H groups in total. The van der Waals surface area contributed by atoms with Gasteiger partial charge in [0, 0.05) is 10.6 Å². The van der Waals surface area contributed by atoms with E-state index in [2.05, 4.69) is 12.1 Å². The Morgan fingerprint density at radius 3 is 2.24 bits per heavy atom. The van der Waals surface area contributed by atoms with E-state index in [0.717, 1.165) is 22.0 Å². The second-order valence-corrected chi connectivity index (χ2v) is 5.63. The lowest BCUT2D eigenvalue weighted by molar-refractivity contribution is -0.136. The van der Waals surface area contributed by atoms with Crippen molar-refractivity contribution in [1.29, 1.82) is 0 Å². The van der Waals surface area contributed by atoms with Crippen LogP contribution in [0.25, 0.3) is 0 Å². The highest BCUT2D eigenvalue weighted by Crippen LogP contribution is 2.24. The molecule has 0 bridgehead atoms. The van der Waals surface area contributed by atoms with Crippen LogP contribution in [0.2, 0.25) is 0 Å². The second kappa shape index (κ2) is 7.74. The van der Waals surface area contributed by atoms with Crippen molar-refractivity contribution in [2.45, 2.75) is 24.0 Å². The number of rotatable bonds is 7. The van der Waals surface area contributed by atoms with E-state index in [1.807, 2.05) is 43.3 Å². The number of benzene rings is 2. The standard InChI is InChI=1S/C17H18O3S/c1-2-20-15-7-3-14(4-8-15)12-21-16-9-5-13(6-10-16)11-17(18)19/h3-10H,2,11-12H2,1H3,(H,18,19). The molecule has 0 aromatic heterocycles. The zero-order valence-corrected chi connectivity index (χ0v) is 12.7. The summed E-state index contributed by atoms with van der Waals surface area (Å²) in [6, 6.07) is 15.8. The van der Waals surface area contributed by atoms with Gasteiger partial charge in [-0.3, -0.25) is 4.79 Å². The number of carboxylic acids is 1. The first-order valence-corrected chi connectivity index (χ1v) is 7.81. The van der Waals surface area contributed by atoms with E-state index in [4.69, 9.17) is 9.84 Å². The van der Waals surface area contributed by atoms with Gasteiger partial charge in [0.2, 0.25) is 0 Å². The molecule has 0 radical (unpaired) electrons. The van der Waals surface area contributed by atoms with Crippen molar-refractivity contribution >= 4 is 17.7 Å². The normalized spacial score (nSPS) is 10.3. The van der Waals surface area contributed by atoms with Crippen molar-refractivity contribution in [2.24, 2.45) is 0 Å². The molecule has 0 amide bonds. The van der Waals surface area contributed by atoms with Crippen molar-refractivity contribution in [2.75, 3.05) is 6.61 Å². The Kier molecular flexibility index (Phi) is 5.69. The molecule has 0 unspecified atom stereocenters. The highest BCUT2D eigenvalue weighted by molar-refractivity contribution is 7.98. The first-order valence-electron chi connectivity index (χ1n) is 6.82. The van der Waals surface area contributed by atoms with E-state index in [9.17, 15) is 4.79 Å². The quantitative estimate of drug-likeness (QED) is 0.785. The van der Waals surface area contributed by atoms with Crippen molar-refractivity contribution in [3.05, 3.63) is 59.7 Å². The van der Waals surface area contributed by atoms with Crippen LogP contribution in [-0.4, -0.2) is 17.7 Å². The third-order valence-corrected chi connectivity index (χ3v) is 4.00. The molecule has 0 aliphatic carbocycles. The largest absolute Gasteiger partial charge is 0.494 e. The molecule has 3 nitrogen and oxygen atoms in total. The van der Waals surface area contributed by atoms with E-state index < -0.39 is 5.97 Å². The molecule has 21 heavy (non-hydrogen) atoms. The van der Waals surface area contributed by atoms with Crippen LogP contribution in [-0.2, 0) is 17.0 Å². The second-order valence-electron chi connectivity index (χ2n) is 4.58. The first kappa shape index (κ1) is 15.4. The number of ether oxygens (including phenoxy) is 1. The summed E-state index contributed by atoms with van der Waals surface area (Å²) in [6.45, 7) is 2.65. The molecule has 0 aliphatic rings. The van der Waals surface area contributed by atoms with Crippen molar-refractivity contribution in [3.8, 4) is 5.75 Å². The molecule has 4 heteroatoms. The Balaban J connectivity index is 1.88. The summed E-state index contributed by atoms with van der Waals surface area (Å²) in [5, 5.41) is 8.73. The van der Waals surface area contributed by atoms with Crippen LogP contribution in [0, 0.1) is 0 Å². The minimum atomic E-state index is -0.801. The van der Waals surface area contributed by atoms with Crippen molar-refractivity contribution in [1.82, 2.24) is 0 Å². The summed E-state index contributed by atoms with van der Waals surface area (Å²) in [6.07, 6.45) is 0.0733. The van der Waals surface area contributed by atoms with Gasteiger partial charge in [-0.2, -0.15) is 0 Å². The fourth-order valence-corrected chi connectivity index (χ4v) is 2.75. The highest BCUT2D eigenvalue weighted by Gasteiger charge is 2.01. The molecule has 0 atom stereocenters. The van der Waals surface area contributed by atoms with Crippen LogP contribution in [0.5, 0.6) is 5.75 Å². The van der Waals surface area contributed by atoms with Gasteiger partial charge in [0.25, 0.3) is 0 Å². The molecule has 0 aliphatic heterocycles. The predicted octanol–water partition coefficient (Wildman–Crippen LogP) is 4.00. The monoisotopic (exact) mass is 302 g/mol. The maximum absolute atomic E-state index is 10.6. The number of carboxylic acid groups (broad SMARTS) is 1. The average molecular weight is 302 g/mol. The number of aliphatic carboxylic acids is 1. The fourth-order valence-electron chi connectivity index (χ4n) is 1.89. The number of hydrogen-bond acceptors (Lipinski definition) is 3. The van der Waals surface area contributed by atoms with Crippen LogP contribution < -0.4 is 4.74 Å². The van der Waals surface area contributed by atoms with E-state index in [1.54, 1.807) is 11.8 Å². The van der Waals surface area contributed by atoms with Crippen LogP contribution in [0.15, 0.2) is 53.4 Å². The molecule has 0 saturated heterocycles. The number of carbonyl (C=O) groups is 1. The molecule has 2 rings (SSSR count). The minimum Gasteiger partial charge on any atom is -0.494 e. The van der Waals surface area contributed by atoms with Gasteiger partial charge in [-0.1, -0.05) is 24.3 Å². The van der Waals surface area contributed by atoms with E-state index in [-0.39, 0.29) is 6.42 Å². The molecular formula is C17H18O3S. The van der Waals surface area contributed by atoms with Crippen molar-refractivity contribution in [3.63, 3.8) is 0 Å². The Morgan fingerprint density at radius 2 is 1.67 bits per heavy atom. The fraction of sp³-hybridized carbons (Fsp3) is 0.235. The third-order valence-electron chi connectivity index (χ3n) is 2.92. The summed E-state index contributed by atoms with van der Waals surface area (Å²) in [7, 11) is 0. The lowest BCUT2D eigenvalue weighted by Crippen LogP contribution is -1.99. The van der Waals surface area contributed by atoms with Gasteiger partial charge in [0.1, 0.15) is 5.75 Å². The maximum atomic E-state index is 10.6. The average Bonchev–Trinajstić information content (AvgIpc) is 2.48. The Morgan fingerprint density at radius 1 is 1.05 bits per heavy atom. The third kappa shape index (κ3) is 5.16. The van der Waals surface area contributed by atoms with Crippen LogP contribution >= 0.6 is 11.8 Å². The van der Waals surface area contributed by atoms with Crippen LogP contribution in [0.4, 0.5) is 0 Å². The topological polar surface area (TPSA) is 46.5 Å². The van der Waals surface area contributed by atoms with Gasteiger partial charge < -0.3 is 9.84 Å². The lowest BCUT2D eigenvalue weighted by atomic mass is 10.2. The van der Waals surface area contributed by atoms with E-state index in [1.165, 1.54) is 5.56 Å². The van der Waals surface area contributed by atoms with Crippen LogP contribution in [0.3, 0.4) is 0 Å². The summed E-state index contributed by atoms with van der Waals surface area (Å²) >= 11 is 1.73. The molecule has 0 spiro atoms. The Hall–Kier alpha value is -1.94. The Bertz CT molecular complexity index is 576. The maximum Gasteiger partial charge on any atom is 0.307 e. The van der Waals surface area contributed by atoms with Crippen LogP contribution in [0.1, 0.15) is 18.1 Å². The highest BCUT2D eigenvalue weighted by atomic mass is 32.2. The minimum absolute atomic E-state index is 0.0733. The summed E-state index contributed by atoms with van der Waals surface area (Å²) in [5.74, 6) is 0.971. The molecular weight excluding hydrogens is 284 g/mol. The number of thioether (sulfide) groups is 1. The molecule has 110 valence electrons. The molecule has 0 saturated carbocycles. The van der Waals surface area contributed by atoms with E-state index >= 15 is 0 Å². The summed E-state index contributed by atoms with van der Waals surface area (Å²) in [5.41, 5.74) is 2.06. The SMILES string of the molecule is CCOc1ccc(CSc2ccc(CC(=O)O)cc2)cc1. The number of hydrogen-bond donors (Lipinski definition) is 1. The van der Waals surface area contributed by atoms with Gasteiger partial charge in [-0.25, -0.2) is 0 Å². The predicted molar refractivity (Wildman–Crippen MR) is 85.0 cm³/mol. The summed E-state index contributed by atoms with van der Waals surface area (Å²) in [4.78, 5) is 11.8. The lowest BCUT2D eigenvalue weighted by Gasteiger charge is -2.06. The smallest absolute Gasteiger partial charge is 0.307 e.